The second-order valence-electron chi connectivity index (χ2n) is 4.54. The van der Waals surface area contributed by atoms with E-state index in [4.69, 9.17) is 5.73 Å². The molecule has 0 saturated carbocycles. The summed E-state index contributed by atoms with van der Waals surface area (Å²) in [6, 6.07) is 6.83. The third-order valence-corrected chi connectivity index (χ3v) is 4.89. The molecule has 1 aromatic rings. The van der Waals surface area contributed by atoms with Crippen molar-refractivity contribution < 1.29 is 12.6 Å². The molecule has 0 saturated heterocycles. The van der Waals surface area contributed by atoms with Gasteiger partial charge in [-0.25, -0.2) is 13.1 Å². The van der Waals surface area contributed by atoms with Crippen LogP contribution in [0.15, 0.2) is 24.3 Å². The van der Waals surface area contributed by atoms with E-state index in [-0.39, 0.29) is 11.8 Å². The van der Waals surface area contributed by atoms with Crippen LogP contribution in [0.25, 0.3) is 0 Å². The molecule has 1 aromatic carbocycles. The van der Waals surface area contributed by atoms with Crippen molar-refractivity contribution in [2.75, 3.05) is 12.0 Å². The van der Waals surface area contributed by atoms with Gasteiger partial charge in [0.1, 0.15) is 0 Å². The Kier molecular flexibility index (Phi) is 6.12. The van der Waals surface area contributed by atoms with E-state index in [0.717, 1.165) is 5.56 Å². The summed E-state index contributed by atoms with van der Waals surface area (Å²) in [5.74, 6) is 0.212. The first-order chi connectivity index (χ1) is 8.82. The van der Waals surface area contributed by atoms with Crippen molar-refractivity contribution in [1.29, 1.82) is 0 Å². The minimum absolute atomic E-state index is 0.0957. The molecular formula is C12H20N2O3S2. The van der Waals surface area contributed by atoms with Crippen LogP contribution in [-0.4, -0.2) is 30.7 Å². The molecule has 0 radical (unpaired) electrons. The molecule has 2 atom stereocenters. The Morgan fingerprint density at radius 3 is 2.58 bits per heavy atom. The fourth-order valence-electron chi connectivity index (χ4n) is 1.80. The number of rotatable bonds is 7. The van der Waals surface area contributed by atoms with Gasteiger partial charge >= 0.3 is 0 Å². The van der Waals surface area contributed by atoms with Crippen LogP contribution in [0, 0.1) is 0 Å². The van der Waals surface area contributed by atoms with Gasteiger partial charge in [0.2, 0.25) is 10.0 Å². The number of sulfonamides is 1. The molecule has 0 spiro atoms. The summed E-state index contributed by atoms with van der Waals surface area (Å²) < 4.78 is 37.5. The molecule has 0 amide bonds. The molecule has 0 aliphatic carbocycles. The zero-order valence-electron chi connectivity index (χ0n) is 11.1. The van der Waals surface area contributed by atoms with Crippen molar-refractivity contribution in [2.24, 2.45) is 5.73 Å². The van der Waals surface area contributed by atoms with Crippen molar-refractivity contribution in [3.05, 3.63) is 35.4 Å². The lowest BCUT2D eigenvalue weighted by Crippen LogP contribution is -2.36. The highest BCUT2D eigenvalue weighted by molar-refractivity contribution is 7.88. The lowest BCUT2D eigenvalue weighted by molar-refractivity contribution is 0.569. The Labute approximate surface area is 117 Å². The van der Waals surface area contributed by atoms with Gasteiger partial charge in [0.25, 0.3) is 0 Å². The maximum Gasteiger partial charge on any atom is 0.216 e. The maximum atomic E-state index is 12.0. The standard InChI is InChI=1S/C12H20N2O3S2/c1-10(8-18(2)15)14-19(16,17)9-12-5-3-4-11(6-12)7-13/h3-6,10,14H,7-9,13H2,1-2H3. The quantitative estimate of drug-likeness (QED) is 0.760. The van der Waals surface area contributed by atoms with Gasteiger partial charge in [-0.15, -0.1) is 0 Å². The summed E-state index contributed by atoms with van der Waals surface area (Å²) in [5, 5.41) is 0. The lowest BCUT2D eigenvalue weighted by Gasteiger charge is -2.13. The summed E-state index contributed by atoms with van der Waals surface area (Å²) in [7, 11) is -4.46. The molecule has 108 valence electrons. The van der Waals surface area contributed by atoms with Crippen molar-refractivity contribution in [3.8, 4) is 0 Å². The van der Waals surface area contributed by atoms with Gasteiger partial charge in [0.05, 0.1) is 5.75 Å². The molecule has 3 N–H and O–H groups in total. The third kappa shape index (κ3) is 6.29. The largest absolute Gasteiger partial charge is 0.326 e. The van der Waals surface area contributed by atoms with Gasteiger partial charge in [-0.3, -0.25) is 4.21 Å². The van der Waals surface area contributed by atoms with Crippen LogP contribution < -0.4 is 10.5 Å². The summed E-state index contributed by atoms with van der Waals surface area (Å²) in [4.78, 5) is 0. The van der Waals surface area contributed by atoms with Crippen LogP contribution in [-0.2, 0) is 33.1 Å². The number of hydrogen-bond donors (Lipinski definition) is 2. The van der Waals surface area contributed by atoms with E-state index in [1.807, 2.05) is 6.07 Å². The highest BCUT2D eigenvalue weighted by atomic mass is 32.2. The van der Waals surface area contributed by atoms with Crippen LogP contribution in [0.5, 0.6) is 0 Å². The summed E-state index contributed by atoms with van der Waals surface area (Å²) >= 11 is 0. The average Bonchev–Trinajstić information content (AvgIpc) is 2.26. The number of nitrogens with one attached hydrogen (secondary N) is 1. The fraction of sp³-hybridized carbons (Fsp3) is 0.500. The molecule has 0 aliphatic rings. The van der Waals surface area contributed by atoms with Gasteiger partial charge in [-0.1, -0.05) is 24.3 Å². The Morgan fingerprint density at radius 2 is 2.00 bits per heavy atom. The second-order valence-corrected chi connectivity index (χ2v) is 7.78. The molecule has 19 heavy (non-hydrogen) atoms. The summed E-state index contributed by atoms with van der Waals surface area (Å²) in [6.07, 6.45) is 1.55. The third-order valence-electron chi connectivity index (χ3n) is 2.45. The molecule has 1 rings (SSSR count). The monoisotopic (exact) mass is 304 g/mol. The van der Waals surface area contributed by atoms with E-state index < -0.39 is 20.8 Å². The summed E-state index contributed by atoms with van der Waals surface area (Å²) in [6.45, 7) is 2.09. The molecular weight excluding hydrogens is 284 g/mol. The van der Waals surface area contributed by atoms with Gasteiger partial charge in [0.15, 0.2) is 0 Å². The van der Waals surface area contributed by atoms with E-state index in [9.17, 15) is 12.6 Å². The number of nitrogens with two attached hydrogens (primary N) is 1. The average molecular weight is 304 g/mol. The molecule has 0 aliphatic heterocycles. The molecule has 7 heteroatoms. The van der Waals surface area contributed by atoms with Crippen LogP contribution in [0.4, 0.5) is 0 Å². The van der Waals surface area contributed by atoms with E-state index in [1.165, 1.54) is 0 Å². The predicted molar refractivity (Wildman–Crippen MR) is 78.5 cm³/mol. The summed E-state index contributed by atoms with van der Waals surface area (Å²) in [5.41, 5.74) is 7.11. The smallest absolute Gasteiger partial charge is 0.216 e. The number of benzene rings is 1. The highest BCUT2D eigenvalue weighted by Crippen LogP contribution is 2.08. The van der Waals surface area contributed by atoms with Gasteiger partial charge in [-0.2, -0.15) is 0 Å². The van der Waals surface area contributed by atoms with Crippen molar-refractivity contribution in [3.63, 3.8) is 0 Å². The van der Waals surface area contributed by atoms with E-state index in [1.54, 1.807) is 31.4 Å². The SMILES string of the molecule is CC(CS(C)=O)NS(=O)(=O)Cc1cccc(CN)c1. The Hall–Kier alpha value is -0.760. The van der Waals surface area contributed by atoms with Crippen LogP contribution >= 0.6 is 0 Å². The first kappa shape index (κ1) is 16.3. The molecule has 0 heterocycles. The first-order valence-electron chi connectivity index (χ1n) is 5.90. The molecule has 5 nitrogen and oxygen atoms in total. The first-order valence-corrected chi connectivity index (χ1v) is 9.28. The van der Waals surface area contributed by atoms with Gasteiger partial charge in [0, 0.05) is 35.4 Å². The zero-order chi connectivity index (χ0) is 14.5. The normalized spacial score (nSPS) is 15.1. The molecule has 2 unspecified atom stereocenters. The predicted octanol–water partition coefficient (Wildman–Crippen LogP) is 0.332. The number of hydrogen-bond acceptors (Lipinski definition) is 4. The van der Waals surface area contributed by atoms with E-state index in [0.29, 0.717) is 17.9 Å². The minimum atomic E-state index is -3.43. The van der Waals surface area contributed by atoms with Crippen molar-refractivity contribution >= 4 is 20.8 Å². The second kappa shape index (κ2) is 7.14. The fourth-order valence-corrected chi connectivity index (χ4v) is 4.09. The topological polar surface area (TPSA) is 89.3 Å². The zero-order valence-corrected chi connectivity index (χ0v) is 12.8. The highest BCUT2D eigenvalue weighted by Gasteiger charge is 2.16. The van der Waals surface area contributed by atoms with Crippen LogP contribution in [0.1, 0.15) is 18.1 Å². The van der Waals surface area contributed by atoms with E-state index >= 15 is 0 Å². The lowest BCUT2D eigenvalue weighted by atomic mass is 10.1. The Morgan fingerprint density at radius 1 is 1.37 bits per heavy atom. The molecule has 0 fully saturated rings. The van der Waals surface area contributed by atoms with Crippen molar-refractivity contribution in [1.82, 2.24) is 4.72 Å². The van der Waals surface area contributed by atoms with E-state index in [2.05, 4.69) is 4.72 Å². The Balaban J connectivity index is 2.70. The van der Waals surface area contributed by atoms with Gasteiger partial charge in [-0.05, 0) is 18.1 Å². The van der Waals surface area contributed by atoms with Crippen LogP contribution in [0.3, 0.4) is 0 Å². The maximum absolute atomic E-state index is 12.0. The van der Waals surface area contributed by atoms with Crippen molar-refractivity contribution in [2.45, 2.75) is 25.3 Å². The van der Waals surface area contributed by atoms with Gasteiger partial charge < -0.3 is 5.73 Å². The Bertz CT molecular complexity index is 544. The minimum Gasteiger partial charge on any atom is -0.326 e. The molecule has 0 aromatic heterocycles. The van der Waals surface area contributed by atoms with Crippen LogP contribution in [0.2, 0.25) is 0 Å². The molecule has 0 bridgehead atoms.